The Balaban J connectivity index is 2.30. The fourth-order valence-electron chi connectivity index (χ4n) is 1.60. The van der Waals surface area contributed by atoms with Crippen LogP contribution in [0.1, 0.15) is 11.4 Å². The molecule has 2 aromatic rings. The Bertz CT molecular complexity index is 648. The van der Waals surface area contributed by atoms with E-state index in [4.69, 9.17) is 0 Å². The summed E-state index contributed by atoms with van der Waals surface area (Å²) in [7, 11) is 0. The number of carbonyl (C=O) groups is 1. The predicted molar refractivity (Wildman–Crippen MR) is 62.8 cm³/mol. The van der Waals surface area contributed by atoms with E-state index in [-0.39, 0.29) is 16.1 Å². The molecule has 0 spiro atoms. The molecule has 0 radical (unpaired) electrons. The maximum atomic E-state index is 12.9. The van der Waals surface area contributed by atoms with E-state index in [1.807, 2.05) is 0 Å². The Morgan fingerprint density at radius 3 is 2.60 bits per heavy atom. The number of anilines is 1. The molecule has 2 rings (SSSR count). The van der Waals surface area contributed by atoms with Crippen molar-refractivity contribution in [2.24, 2.45) is 0 Å². The molecule has 1 aromatic carbocycles. The van der Waals surface area contributed by atoms with Gasteiger partial charge in [-0.3, -0.25) is 0 Å². The van der Waals surface area contributed by atoms with Gasteiger partial charge in [-0.2, -0.15) is 23.0 Å². The lowest BCUT2D eigenvalue weighted by Gasteiger charge is -2.10. The van der Waals surface area contributed by atoms with Crippen LogP contribution in [0.3, 0.4) is 0 Å². The number of halogens is 4. The number of hydrogen-bond acceptors (Lipinski definition) is 2. The SMILES string of the molecule is Cc1cc(C(F)(F)F)n(C(=O)Nc2cccc(F)c2)n1. The van der Waals surface area contributed by atoms with E-state index in [1.54, 1.807) is 0 Å². The zero-order chi connectivity index (χ0) is 14.9. The molecule has 20 heavy (non-hydrogen) atoms. The summed E-state index contributed by atoms with van der Waals surface area (Å²) >= 11 is 0. The number of amides is 1. The van der Waals surface area contributed by atoms with Crippen LogP contribution in [-0.2, 0) is 6.18 Å². The molecule has 0 aliphatic heterocycles. The second-order valence-electron chi connectivity index (χ2n) is 4.02. The van der Waals surface area contributed by atoms with Gasteiger partial charge in [0.1, 0.15) is 5.82 Å². The summed E-state index contributed by atoms with van der Waals surface area (Å²) in [5.41, 5.74) is -1.10. The summed E-state index contributed by atoms with van der Waals surface area (Å²) in [6.45, 7) is 1.33. The van der Waals surface area contributed by atoms with E-state index < -0.39 is 23.7 Å². The van der Waals surface area contributed by atoms with Gasteiger partial charge < -0.3 is 5.32 Å². The van der Waals surface area contributed by atoms with Gasteiger partial charge in [0.25, 0.3) is 0 Å². The van der Waals surface area contributed by atoms with E-state index in [0.29, 0.717) is 0 Å². The first-order chi connectivity index (χ1) is 9.27. The van der Waals surface area contributed by atoms with Gasteiger partial charge >= 0.3 is 12.2 Å². The molecule has 1 amide bonds. The number of hydrogen-bond donors (Lipinski definition) is 1. The third-order valence-corrected chi connectivity index (χ3v) is 2.39. The van der Waals surface area contributed by atoms with Gasteiger partial charge in [0.15, 0.2) is 5.69 Å². The zero-order valence-corrected chi connectivity index (χ0v) is 10.2. The molecular weight excluding hydrogens is 278 g/mol. The summed E-state index contributed by atoms with van der Waals surface area (Å²) in [5, 5.41) is 5.63. The van der Waals surface area contributed by atoms with Crippen LogP contribution in [0.25, 0.3) is 0 Å². The number of rotatable bonds is 1. The van der Waals surface area contributed by atoms with E-state index in [0.717, 1.165) is 18.2 Å². The average Bonchev–Trinajstić information content (AvgIpc) is 2.71. The normalized spacial score (nSPS) is 11.4. The van der Waals surface area contributed by atoms with Crippen LogP contribution in [0.15, 0.2) is 30.3 Å². The highest BCUT2D eigenvalue weighted by atomic mass is 19.4. The quantitative estimate of drug-likeness (QED) is 0.817. The second-order valence-corrected chi connectivity index (χ2v) is 4.02. The molecule has 0 saturated carbocycles. The molecule has 0 bridgehead atoms. The highest BCUT2D eigenvalue weighted by Gasteiger charge is 2.37. The Morgan fingerprint density at radius 1 is 1.30 bits per heavy atom. The van der Waals surface area contributed by atoms with Crippen molar-refractivity contribution in [3.63, 3.8) is 0 Å². The summed E-state index contributed by atoms with van der Waals surface area (Å²) in [6.07, 6.45) is -4.71. The maximum absolute atomic E-state index is 12.9. The van der Waals surface area contributed by atoms with E-state index in [9.17, 15) is 22.4 Å². The van der Waals surface area contributed by atoms with Gasteiger partial charge in [-0.15, -0.1) is 0 Å². The van der Waals surface area contributed by atoms with Crippen molar-refractivity contribution in [2.75, 3.05) is 5.32 Å². The molecule has 106 valence electrons. The standard InChI is InChI=1S/C12H9F4N3O/c1-7-5-10(12(14,15)16)19(18-7)11(20)17-9-4-2-3-8(13)6-9/h2-6H,1H3,(H,17,20). The minimum absolute atomic E-state index is 0.0382. The van der Waals surface area contributed by atoms with Crippen molar-refractivity contribution < 1.29 is 22.4 Å². The fraction of sp³-hybridized carbons (Fsp3) is 0.167. The number of benzene rings is 1. The minimum atomic E-state index is -4.71. The van der Waals surface area contributed by atoms with E-state index >= 15 is 0 Å². The van der Waals surface area contributed by atoms with Crippen LogP contribution >= 0.6 is 0 Å². The molecule has 0 unspecified atom stereocenters. The Morgan fingerprint density at radius 2 is 2.00 bits per heavy atom. The Kier molecular flexibility index (Phi) is 3.47. The smallest absolute Gasteiger partial charge is 0.306 e. The first-order valence-electron chi connectivity index (χ1n) is 5.48. The van der Waals surface area contributed by atoms with Gasteiger partial charge in [0.2, 0.25) is 0 Å². The Hall–Kier alpha value is -2.38. The van der Waals surface area contributed by atoms with Crippen LogP contribution in [0.4, 0.5) is 28.0 Å². The lowest BCUT2D eigenvalue weighted by Crippen LogP contribution is -2.26. The molecule has 0 saturated heterocycles. The highest BCUT2D eigenvalue weighted by Crippen LogP contribution is 2.29. The number of aryl methyl sites for hydroxylation is 1. The summed E-state index contributed by atoms with van der Waals surface area (Å²) < 4.78 is 51.3. The number of nitrogens with zero attached hydrogens (tertiary/aromatic N) is 2. The van der Waals surface area contributed by atoms with Crippen molar-refractivity contribution in [3.8, 4) is 0 Å². The van der Waals surface area contributed by atoms with Crippen LogP contribution in [0, 0.1) is 12.7 Å². The van der Waals surface area contributed by atoms with Crippen molar-refractivity contribution >= 4 is 11.7 Å². The van der Waals surface area contributed by atoms with Crippen molar-refractivity contribution in [1.82, 2.24) is 9.78 Å². The molecule has 8 heteroatoms. The predicted octanol–water partition coefficient (Wildman–Crippen LogP) is 3.43. The third-order valence-electron chi connectivity index (χ3n) is 2.39. The van der Waals surface area contributed by atoms with Gasteiger partial charge in [-0.25, -0.2) is 9.18 Å². The molecule has 0 atom stereocenters. The first kappa shape index (κ1) is 14.0. The molecule has 1 aromatic heterocycles. The summed E-state index contributed by atoms with van der Waals surface area (Å²) in [5.74, 6) is -0.615. The average molecular weight is 287 g/mol. The van der Waals surface area contributed by atoms with Crippen LogP contribution in [0.2, 0.25) is 0 Å². The van der Waals surface area contributed by atoms with Gasteiger partial charge in [-0.1, -0.05) is 6.07 Å². The number of aromatic nitrogens is 2. The largest absolute Gasteiger partial charge is 0.433 e. The monoisotopic (exact) mass is 287 g/mol. The van der Waals surface area contributed by atoms with E-state index in [1.165, 1.54) is 19.1 Å². The van der Waals surface area contributed by atoms with Crippen LogP contribution in [-0.4, -0.2) is 15.8 Å². The number of nitrogens with one attached hydrogen (secondary N) is 1. The number of alkyl halides is 3. The van der Waals surface area contributed by atoms with Crippen LogP contribution < -0.4 is 5.32 Å². The lowest BCUT2D eigenvalue weighted by molar-refractivity contribution is -0.142. The Labute approximate surface area is 111 Å². The van der Waals surface area contributed by atoms with Crippen LogP contribution in [0.5, 0.6) is 0 Å². The molecule has 1 heterocycles. The van der Waals surface area contributed by atoms with Crippen molar-refractivity contribution in [2.45, 2.75) is 13.1 Å². The molecule has 4 nitrogen and oxygen atoms in total. The summed E-state index contributed by atoms with van der Waals surface area (Å²) in [6, 6.07) is 4.45. The van der Waals surface area contributed by atoms with Gasteiger partial charge in [0.05, 0.1) is 5.69 Å². The summed E-state index contributed by atoms with van der Waals surface area (Å²) in [4.78, 5) is 11.8. The topological polar surface area (TPSA) is 46.9 Å². The minimum Gasteiger partial charge on any atom is -0.306 e. The van der Waals surface area contributed by atoms with Crippen molar-refractivity contribution in [1.29, 1.82) is 0 Å². The number of carbonyl (C=O) groups excluding carboxylic acids is 1. The molecule has 1 N–H and O–H groups in total. The maximum Gasteiger partial charge on any atom is 0.433 e. The molecule has 0 aliphatic carbocycles. The zero-order valence-electron chi connectivity index (χ0n) is 10.2. The first-order valence-corrected chi connectivity index (χ1v) is 5.48. The lowest BCUT2D eigenvalue weighted by atomic mass is 10.3. The van der Waals surface area contributed by atoms with Gasteiger partial charge in [0, 0.05) is 5.69 Å². The molecule has 0 aliphatic rings. The second kappa shape index (κ2) is 4.95. The van der Waals surface area contributed by atoms with E-state index in [2.05, 4.69) is 10.4 Å². The fourth-order valence-corrected chi connectivity index (χ4v) is 1.60. The van der Waals surface area contributed by atoms with Crippen molar-refractivity contribution in [3.05, 3.63) is 47.5 Å². The molecular formula is C12H9F4N3O. The van der Waals surface area contributed by atoms with Gasteiger partial charge in [-0.05, 0) is 31.2 Å². The third kappa shape index (κ3) is 2.95. The molecule has 0 fully saturated rings. The highest BCUT2D eigenvalue weighted by molar-refractivity contribution is 5.90.